The van der Waals surface area contributed by atoms with E-state index in [-0.39, 0.29) is 30.5 Å². The van der Waals surface area contributed by atoms with Gasteiger partial charge in [-0.1, -0.05) is 66.7 Å². The Labute approximate surface area is 320 Å². The van der Waals surface area contributed by atoms with Crippen molar-refractivity contribution in [1.82, 2.24) is 19.6 Å². The van der Waals surface area contributed by atoms with E-state index < -0.39 is 23.7 Å². The molecule has 1 fully saturated rings. The van der Waals surface area contributed by atoms with Crippen LogP contribution >= 0.6 is 0 Å². The van der Waals surface area contributed by atoms with Crippen LogP contribution in [0.25, 0.3) is 6.08 Å². The first-order chi connectivity index (χ1) is 26.3. The van der Waals surface area contributed by atoms with E-state index in [1.54, 1.807) is 37.1 Å². The molecular formula is C43H48F3N5O4. The van der Waals surface area contributed by atoms with Gasteiger partial charge >= 0.3 is 6.18 Å². The predicted molar refractivity (Wildman–Crippen MR) is 208 cm³/mol. The Kier molecular flexibility index (Phi) is 13.7. The molecule has 12 heteroatoms. The summed E-state index contributed by atoms with van der Waals surface area (Å²) in [5.74, 6) is -0.488. The lowest BCUT2D eigenvalue weighted by Gasteiger charge is -2.36. The van der Waals surface area contributed by atoms with Crippen molar-refractivity contribution in [3.05, 3.63) is 137 Å². The van der Waals surface area contributed by atoms with Crippen molar-refractivity contribution in [2.45, 2.75) is 38.7 Å². The number of nitrogens with zero attached hydrogens (tertiary/aromatic N) is 5. The number of halogens is 3. The van der Waals surface area contributed by atoms with E-state index in [0.717, 1.165) is 34.5 Å². The fraction of sp³-hybridized carbons (Fsp3) is 0.326. The maximum Gasteiger partial charge on any atom is 0.416 e. The summed E-state index contributed by atoms with van der Waals surface area (Å²) < 4.78 is 39.6. The minimum absolute atomic E-state index is 0.0535. The number of aromatic hydroxyl groups is 1. The number of anilines is 1. The molecule has 55 heavy (non-hydrogen) atoms. The summed E-state index contributed by atoms with van der Waals surface area (Å²) in [6.07, 6.45) is -1.48. The molecule has 0 unspecified atom stereocenters. The van der Waals surface area contributed by atoms with Crippen molar-refractivity contribution >= 4 is 29.5 Å². The molecule has 1 aliphatic rings. The summed E-state index contributed by atoms with van der Waals surface area (Å²) >= 11 is 0. The second-order valence-electron chi connectivity index (χ2n) is 14.0. The number of benzene rings is 4. The molecule has 0 bridgehead atoms. The van der Waals surface area contributed by atoms with Gasteiger partial charge in [0, 0.05) is 84.5 Å². The van der Waals surface area contributed by atoms with Crippen molar-refractivity contribution in [2.24, 2.45) is 0 Å². The molecule has 290 valence electrons. The Bertz CT molecular complexity index is 1910. The molecule has 1 aliphatic heterocycles. The minimum atomic E-state index is -4.48. The SMILES string of the molecule is CC(=O)N1CCN(c2ccc(CN(C(=O)/C=C/c3ccc(C(F)(F)F)cc3)[C@@H](Cc3ccccc3)C(=O)N(C)CCN(C)Cc3cccc(O)c3)cc2)CC1. The molecular weight excluding hydrogens is 707 g/mol. The number of carbonyl (C=O) groups excluding carboxylic acids is 3. The van der Waals surface area contributed by atoms with Gasteiger partial charge in [-0.2, -0.15) is 13.2 Å². The highest BCUT2D eigenvalue weighted by molar-refractivity contribution is 5.95. The molecule has 1 N–H and O–H groups in total. The maximum atomic E-state index is 14.5. The molecule has 0 radical (unpaired) electrons. The van der Waals surface area contributed by atoms with Gasteiger partial charge in [-0.25, -0.2) is 0 Å². The average molecular weight is 756 g/mol. The predicted octanol–water partition coefficient (Wildman–Crippen LogP) is 6.32. The first kappa shape index (κ1) is 40.6. The first-order valence-electron chi connectivity index (χ1n) is 18.3. The molecule has 3 amide bonds. The van der Waals surface area contributed by atoms with E-state index in [1.807, 2.05) is 77.5 Å². The number of phenolic OH excluding ortho intramolecular Hbond substituents is 1. The van der Waals surface area contributed by atoms with Crippen LogP contribution < -0.4 is 4.90 Å². The molecule has 4 aromatic rings. The van der Waals surface area contributed by atoms with Gasteiger partial charge in [0.2, 0.25) is 17.7 Å². The molecule has 0 aromatic heterocycles. The summed E-state index contributed by atoms with van der Waals surface area (Å²) in [6, 6.07) is 27.9. The van der Waals surface area contributed by atoms with E-state index in [2.05, 4.69) is 4.90 Å². The van der Waals surface area contributed by atoms with Crippen molar-refractivity contribution in [1.29, 1.82) is 0 Å². The fourth-order valence-corrected chi connectivity index (χ4v) is 6.58. The van der Waals surface area contributed by atoms with Crippen LogP contribution in [0.2, 0.25) is 0 Å². The Hall–Kier alpha value is -5.62. The lowest BCUT2D eigenvalue weighted by molar-refractivity contribution is -0.143. The minimum Gasteiger partial charge on any atom is -0.508 e. The zero-order valence-corrected chi connectivity index (χ0v) is 31.5. The number of rotatable bonds is 14. The molecule has 1 saturated heterocycles. The van der Waals surface area contributed by atoms with Gasteiger partial charge in [-0.05, 0) is 71.8 Å². The Morgan fingerprint density at radius 1 is 0.782 bits per heavy atom. The number of likely N-dealkylation sites (N-methyl/N-ethyl adjacent to an activating group) is 2. The van der Waals surface area contributed by atoms with Crippen LogP contribution in [0.1, 0.15) is 34.7 Å². The van der Waals surface area contributed by atoms with Crippen molar-refractivity contribution < 1.29 is 32.7 Å². The van der Waals surface area contributed by atoms with Crippen LogP contribution in [-0.4, -0.2) is 102 Å². The number of amides is 3. The average Bonchev–Trinajstić information content (AvgIpc) is 3.17. The third-order valence-corrected chi connectivity index (χ3v) is 9.81. The normalized spacial score (nSPS) is 13.9. The van der Waals surface area contributed by atoms with Crippen LogP contribution in [0.3, 0.4) is 0 Å². The number of alkyl halides is 3. The summed E-state index contributed by atoms with van der Waals surface area (Å²) in [5.41, 5.74) is 3.19. The van der Waals surface area contributed by atoms with Gasteiger partial charge in [-0.15, -0.1) is 0 Å². The number of hydrogen-bond acceptors (Lipinski definition) is 6. The van der Waals surface area contributed by atoms with E-state index in [9.17, 15) is 32.7 Å². The third-order valence-electron chi connectivity index (χ3n) is 9.81. The Morgan fingerprint density at radius 3 is 2.05 bits per heavy atom. The molecule has 9 nitrogen and oxygen atoms in total. The third kappa shape index (κ3) is 11.7. The van der Waals surface area contributed by atoms with E-state index in [1.165, 1.54) is 29.2 Å². The van der Waals surface area contributed by atoms with Crippen LogP contribution in [-0.2, 0) is 40.1 Å². The highest BCUT2D eigenvalue weighted by Crippen LogP contribution is 2.29. The molecule has 1 heterocycles. The number of piperazine rings is 1. The van der Waals surface area contributed by atoms with E-state index >= 15 is 0 Å². The molecule has 5 rings (SSSR count). The molecule has 0 aliphatic carbocycles. The van der Waals surface area contributed by atoms with Gasteiger partial charge < -0.3 is 29.6 Å². The highest BCUT2D eigenvalue weighted by atomic mass is 19.4. The van der Waals surface area contributed by atoms with Gasteiger partial charge in [-0.3, -0.25) is 14.4 Å². The Morgan fingerprint density at radius 2 is 1.44 bits per heavy atom. The topological polar surface area (TPSA) is 87.6 Å². The van der Waals surface area contributed by atoms with E-state index in [4.69, 9.17) is 0 Å². The Balaban J connectivity index is 1.40. The van der Waals surface area contributed by atoms with Crippen molar-refractivity contribution in [3.8, 4) is 5.75 Å². The van der Waals surface area contributed by atoms with Crippen LogP contribution in [0.4, 0.5) is 18.9 Å². The second-order valence-corrected chi connectivity index (χ2v) is 14.0. The largest absolute Gasteiger partial charge is 0.508 e. The summed E-state index contributed by atoms with van der Waals surface area (Å²) in [4.78, 5) is 49.7. The number of hydrogen-bond donors (Lipinski definition) is 1. The van der Waals surface area contributed by atoms with Crippen molar-refractivity contribution in [3.63, 3.8) is 0 Å². The lowest BCUT2D eigenvalue weighted by Crippen LogP contribution is -2.51. The summed E-state index contributed by atoms with van der Waals surface area (Å²) in [6.45, 7) is 5.78. The van der Waals surface area contributed by atoms with Gasteiger partial charge in [0.25, 0.3) is 0 Å². The first-order valence-corrected chi connectivity index (χ1v) is 18.3. The van der Waals surface area contributed by atoms with Crippen molar-refractivity contribution in [2.75, 3.05) is 58.3 Å². The maximum absolute atomic E-state index is 14.5. The zero-order chi connectivity index (χ0) is 39.5. The molecule has 4 aromatic carbocycles. The smallest absolute Gasteiger partial charge is 0.416 e. The number of carbonyl (C=O) groups is 3. The van der Waals surface area contributed by atoms with Gasteiger partial charge in [0.15, 0.2) is 0 Å². The van der Waals surface area contributed by atoms with Crippen LogP contribution in [0.5, 0.6) is 5.75 Å². The highest BCUT2D eigenvalue weighted by Gasteiger charge is 2.32. The zero-order valence-electron chi connectivity index (χ0n) is 31.5. The quantitative estimate of drug-likeness (QED) is 0.152. The second kappa shape index (κ2) is 18.6. The van der Waals surface area contributed by atoms with E-state index in [0.29, 0.717) is 51.4 Å². The fourth-order valence-electron chi connectivity index (χ4n) is 6.58. The van der Waals surface area contributed by atoms with Crippen LogP contribution in [0, 0.1) is 0 Å². The summed E-state index contributed by atoms with van der Waals surface area (Å²) in [7, 11) is 3.64. The summed E-state index contributed by atoms with van der Waals surface area (Å²) in [5, 5.41) is 9.88. The lowest BCUT2D eigenvalue weighted by atomic mass is 10.0. The standard InChI is InChI=1S/C43H48F3N5O4/c1-32(52)49-24-26-50(27-25-49)38-19-14-35(15-20-38)31-51(41(54)21-16-33-12-17-37(18-13-33)43(44,45)46)40(29-34-8-5-4-6-9-34)42(55)48(3)23-22-47(2)30-36-10-7-11-39(53)28-36/h4-21,28,40,53H,22-27,29-31H2,1-3H3/b21-16+/t40-/m0/s1. The number of phenols is 1. The van der Waals surface area contributed by atoms with Gasteiger partial charge in [0.1, 0.15) is 11.8 Å². The monoisotopic (exact) mass is 755 g/mol. The molecule has 1 atom stereocenters. The molecule has 0 saturated carbocycles. The van der Waals surface area contributed by atoms with Gasteiger partial charge in [0.05, 0.1) is 5.56 Å². The van der Waals surface area contributed by atoms with Crippen LogP contribution in [0.15, 0.2) is 109 Å². The molecule has 0 spiro atoms.